The van der Waals surface area contributed by atoms with Crippen molar-refractivity contribution in [2.24, 2.45) is 0 Å². The summed E-state index contributed by atoms with van der Waals surface area (Å²) in [5.41, 5.74) is -1.07. The fraction of sp³-hybridized carbons (Fsp3) is 0.571. The van der Waals surface area contributed by atoms with Crippen molar-refractivity contribution >= 4 is 0 Å². The van der Waals surface area contributed by atoms with Crippen molar-refractivity contribution in [3.05, 3.63) is 37.0 Å². The van der Waals surface area contributed by atoms with Crippen molar-refractivity contribution in [2.75, 3.05) is 6.61 Å². The van der Waals surface area contributed by atoms with Gasteiger partial charge in [-0.1, -0.05) is 69.6 Å². The van der Waals surface area contributed by atoms with Crippen LogP contribution < -0.4 is 0 Å². The minimum absolute atomic E-state index is 0.225. The molecule has 1 atom stereocenters. The number of aliphatic hydroxyl groups is 2. The molecule has 16 heavy (non-hydrogen) atoms. The van der Waals surface area contributed by atoms with Crippen LogP contribution in [0.3, 0.4) is 0 Å². The third-order valence-electron chi connectivity index (χ3n) is 2.50. The second kappa shape index (κ2) is 9.37. The van der Waals surface area contributed by atoms with E-state index in [4.69, 9.17) is 5.11 Å². The van der Waals surface area contributed by atoms with Crippen LogP contribution in [-0.4, -0.2) is 22.4 Å². The summed E-state index contributed by atoms with van der Waals surface area (Å²) in [4.78, 5) is 0. The lowest BCUT2D eigenvalue weighted by atomic mass is 9.96. The van der Waals surface area contributed by atoms with Crippen molar-refractivity contribution in [3.63, 3.8) is 0 Å². The molecule has 0 aliphatic rings. The normalized spacial score (nSPS) is 15.7. The van der Waals surface area contributed by atoms with E-state index in [0.717, 1.165) is 12.8 Å². The molecule has 0 rings (SSSR count). The molecule has 1 unspecified atom stereocenters. The minimum atomic E-state index is -1.07. The molecule has 2 heteroatoms. The van der Waals surface area contributed by atoms with E-state index >= 15 is 0 Å². The Kier molecular flexibility index (Phi) is 8.87. The van der Waals surface area contributed by atoms with E-state index in [1.54, 1.807) is 30.4 Å². The summed E-state index contributed by atoms with van der Waals surface area (Å²) < 4.78 is 0. The number of aliphatic hydroxyl groups excluding tert-OH is 1. The first-order valence-corrected chi connectivity index (χ1v) is 5.98. The maximum Gasteiger partial charge on any atom is 0.106 e. The molecule has 0 bridgehead atoms. The van der Waals surface area contributed by atoms with Gasteiger partial charge in [0.1, 0.15) is 5.60 Å². The first kappa shape index (κ1) is 15.1. The van der Waals surface area contributed by atoms with Gasteiger partial charge >= 0.3 is 0 Å². The molecule has 0 saturated heterocycles. The molecular weight excluding hydrogens is 200 g/mol. The summed E-state index contributed by atoms with van der Waals surface area (Å²) in [5.74, 6) is 0. The van der Waals surface area contributed by atoms with Gasteiger partial charge in [-0.25, -0.2) is 0 Å². The summed E-state index contributed by atoms with van der Waals surface area (Å²) in [6.07, 6.45) is 13.7. The number of hydrogen-bond donors (Lipinski definition) is 2. The zero-order valence-electron chi connectivity index (χ0n) is 10.2. The van der Waals surface area contributed by atoms with Gasteiger partial charge in [0, 0.05) is 0 Å². The van der Waals surface area contributed by atoms with Gasteiger partial charge in [-0.05, 0) is 6.42 Å². The van der Waals surface area contributed by atoms with Gasteiger partial charge in [-0.15, -0.1) is 0 Å². The Hall–Kier alpha value is -0.860. The second-order valence-electron chi connectivity index (χ2n) is 4.05. The zero-order valence-corrected chi connectivity index (χ0v) is 10.2. The standard InChI is InChI=1S/C14H24O2/c1-3-5-7-9-11-14(16,13-15)12-10-8-6-4-2/h3,5,7,9,11,15-16H,1,4,6,8,10,12-13H2,2H3. The van der Waals surface area contributed by atoms with E-state index in [0.29, 0.717) is 6.42 Å². The predicted molar refractivity (Wildman–Crippen MR) is 69.3 cm³/mol. The SMILES string of the molecule is C=CC=CC=CC(O)(CO)CCCCCC. The third-order valence-corrected chi connectivity index (χ3v) is 2.50. The largest absolute Gasteiger partial charge is 0.393 e. The van der Waals surface area contributed by atoms with Gasteiger partial charge in [0.2, 0.25) is 0 Å². The average Bonchev–Trinajstić information content (AvgIpc) is 2.31. The van der Waals surface area contributed by atoms with Gasteiger partial charge in [0.25, 0.3) is 0 Å². The van der Waals surface area contributed by atoms with Crippen LogP contribution in [0.5, 0.6) is 0 Å². The quantitative estimate of drug-likeness (QED) is 0.467. The van der Waals surface area contributed by atoms with Crippen molar-refractivity contribution in [2.45, 2.75) is 44.6 Å². The van der Waals surface area contributed by atoms with Gasteiger partial charge in [0.15, 0.2) is 0 Å². The molecule has 0 spiro atoms. The van der Waals surface area contributed by atoms with Crippen LogP contribution >= 0.6 is 0 Å². The highest BCUT2D eigenvalue weighted by Crippen LogP contribution is 2.16. The lowest BCUT2D eigenvalue weighted by Gasteiger charge is -2.21. The van der Waals surface area contributed by atoms with Crippen LogP contribution in [0.25, 0.3) is 0 Å². The van der Waals surface area contributed by atoms with E-state index in [1.807, 2.05) is 0 Å². The molecule has 0 aliphatic carbocycles. The van der Waals surface area contributed by atoms with Crippen LogP contribution in [0.2, 0.25) is 0 Å². The molecule has 0 fully saturated rings. The maximum absolute atomic E-state index is 10.0. The molecule has 0 amide bonds. The predicted octanol–water partition coefficient (Wildman–Crippen LogP) is 2.98. The van der Waals surface area contributed by atoms with E-state index in [1.165, 1.54) is 12.8 Å². The van der Waals surface area contributed by atoms with Crippen LogP contribution in [-0.2, 0) is 0 Å². The molecule has 92 valence electrons. The number of hydrogen-bond acceptors (Lipinski definition) is 2. The van der Waals surface area contributed by atoms with Crippen LogP contribution in [0.15, 0.2) is 37.0 Å². The highest BCUT2D eigenvalue weighted by molar-refractivity contribution is 5.13. The molecule has 0 saturated carbocycles. The Morgan fingerprint density at radius 2 is 1.88 bits per heavy atom. The molecule has 2 nitrogen and oxygen atoms in total. The van der Waals surface area contributed by atoms with E-state index in [9.17, 15) is 5.11 Å². The highest BCUT2D eigenvalue weighted by Gasteiger charge is 2.20. The van der Waals surface area contributed by atoms with Crippen molar-refractivity contribution in [1.82, 2.24) is 0 Å². The molecule has 2 N–H and O–H groups in total. The molecular formula is C14H24O2. The van der Waals surface area contributed by atoms with E-state index < -0.39 is 5.60 Å². The van der Waals surface area contributed by atoms with Crippen molar-refractivity contribution in [3.8, 4) is 0 Å². The second-order valence-corrected chi connectivity index (χ2v) is 4.05. The average molecular weight is 224 g/mol. The van der Waals surface area contributed by atoms with Gasteiger partial charge in [-0.3, -0.25) is 0 Å². The number of unbranched alkanes of at least 4 members (excludes halogenated alkanes) is 3. The zero-order chi connectivity index (χ0) is 12.3. The third kappa shape index (κ3) is 7.43. The fourth-order valence-corrected chi connectivity index (χ4v) is 1.45. The summed E-state index contributed by atoms with van der Waals surface area (Å²) in [5, 5.41) is 19.2. The summed E-state index contributed by atoms with van der Waals surface area (Å²) >= 11 is 0. The minimum Gasteiger partial charge on any atom is -0.393 e. The molecule has 0 heterocycles. The maximum atomic E-state index is 10.0. The van der Waals surface area contributed by atoms with E-state index in [2.05, 4.69) is 13.5 Å². The molecule has 0 aromatic carbocycles. The first-order chi connectivity index (χ1) is 7.68. The Morgan fingerprint density at radius 3 is 2.44 bits per heavy atom. The molecule has 0 aromatic rings. The lowest BCUT2D eigenvalue weighted by Crippen LogP contribution is -2.30. The number of allylic oxidation sites excluding steroid dienone is 4. The van der Waals surface area contributed by atoms with E-state index in [-0.39, 0.29) is 6.61 Å². The Balaban J connectivity index is 4.03. The smallest absolute Gasteiger partial charge is 0.106 e. The Bertz CT molecular complexity index is 231. The summed E-state index contributed by atoms with van der Waals surface area (Å²) in [7, 11) is 0. The van der Waals surface area contributed by atoms with Crippen LogP contribution in [0.4, 0.5) is 0 Å². The van der Waals surface area contributed by atoms with Crippen molar-refractivity contribution in [1.29, 1.82) is 0 Å². The molecule has 0 aromatic heterocycles. The summed E-state index contributed by atoms with van der Waals surface area (Å²) in [6, 6.07) is 0. The fourth-order valence-electron chi connectivity index (χ4n) is 1.45. The Morgan fingerprint density at radius 1 is 1.12 bits per heavy atom. The van der Waals surface area contributed by atoms with Crippen LogP contribution in [0, 0.1) is 0 Å². The molecule has 0 aliphatic heterocycles. The first-order valence-electron chi connectivity index (χ1n) is 5.98. The van der Waals surface area contributed by atoms with Crippen LogP contribution in [0.1, 0.15) is 39.0 Å². The monoisotopic (exact) mass is 224 g/mol. The van der Waals surface area contributed by atoms with Gasteiger partial charge in [0.05, 0.1) is 6.61 Å². The highest BCUT2D eigenvalue weighted by atomic mass is 16.3. The Labute approximate surface area is 99.0 Å². The van der Waals surface area contributed by atoms with Gasteiger partial charge in [-0.2, -0.15) is 0 Å². The number of rotatable bonds is 9. The topological polar surface area (TPSA) is 40.5 Å². The van der Waals surface area contributed by atoms with Crippen molar-refractivity contribution < 1.29 is 10.2 Å². The summed E-state index contributed by atoms with van der Waals surface area (Å²) in [6.45, 7) is 5.48. The lowest BCUT2D eigenvalue weighted by molar-refractivity contribution is 0.0183. The molecule has 0 radical (unpaired) electrons. The van der Waals surface area contributed by atoms with Gasteiger partial charge < -0.3 is 10.2 Å².